The molecule has 11 aliphatic rings. The van der Waals surface area contributed by atoms with E-state index in [0.29, 0.717) is 30.6 Å². The molecule has 6 heterocycles. The number of aliphatic hydroxyl groups is 17. The third kappa shape index (κ3) is 15.0. The van der Waals surface area contributed by atoms with Crippen molar-refractivity contribution >= 4 is 24.0 Å². The summed E-state index contributed by atoms with van der Waals surface area (Å²) in [4.78, 5) is 44.7. The summed E-state index contributed by atoms with van der Waals surface area (Å²) in [7, 11) is 1.48. The number of fused-ring (bicyclic) bond motifs is 7. The normalized spacial score (nSPS) is 50.2. The van der Waals surface area contributed by atoms with Gasteiger partial charge in [-0.2, -0.15) is 0 Å². The molecule has 0 aromatic heterocycles. The monoisotopic (exact) mass is 1570 g/mol. The maximum absolute atomic E-state index is 16.4. The lowest BCUT2D eigenvalue weighted by molar-refractivity contribution is -0.392. The van der Waals surface area contributed by atoms with Crippen molar-refractivity contribution in [3.8, 4) is 5.75 Å². The molecule has 110 heavy (non-hydrogen) atoms. The van der Waals surface area contributed by atoms with Crippen LogP contribution in [-0.2, 0) is 76.0 Å². The second-order valence-electron chi connectivity index (χ2n) is 33.7. The van der Waals surface area contributed by atoms with Crippen LogP contribution in [0.5, 0.6) is 5.75 Å². The molecule has 10 fully saturated rings. The molecule has 2 unspecified atom stereocenters. The van der Waals surface area contributed by atoms with Gasteiger partial charge in [0.05, 0.1) is 68.8 Å². The van der Waals surface area contributed by atoms with E-state index >= 15 is 4.79 Å². The van der Waals surface area contributed by atoms with Crippen molar-refractivity contribution in [1.29, 1.82) is 0 Å². The molecular formula is C75H112O35. The van der Waals surface area contributed by atoms with Crippen molar-refractivity contribution in [1.82, 2.24) is 0 Å². The smallest absolute Gasteiger partial charge is 0.331 e. The van der Waals surface area contributed by atoms with Gasteiger partial charge in [0.25, 0.3) is 0 Å². The van der Waals surface area contributed by atoms with Crippen molar-refractivity contribution in [3.05, 3.63) is 47.6 Å². The lowest BCUT2D eigenvalue weighted by atomic mass is 9.33. The minimum atomic E-state index is -2.18. The zero-order valence-electron chi connectivity index (χ0n) is 62.9. The molecule has 0 amide bonds. The molecule has 35 heteroatoms. The lowest BCUT2D eigenvalue weighted by Crippen LogP contribution is -2.71. The number of carboxylic acid groups (broad SMARTS) is 1. The van der Waals surface area contributed by atoms with Gasteiger partial charge in [-0.1, -0.05) is 51.5 Å². The zero-order chi connectivity index (χ0) is 80.1. The van der Waals surface area contributed by atoms with E-state index in [0.717, 1.165) is 11.6 Å². The Morgan fingerprint density at radius 3 is 1.66 bits per heavy atom. The number of aliphatic hydroxyl groups excluding tert-OH is 17. The standard InChI is InChI=1S/C75H112O35/c1-30-44(81)48(85)53(90)63(99-30)107-59-58(105-43(80)17-12-33-10-13-34(97-9)14-11-33)32(3)101-67(60(59)108-64-56(93)51(88)57(31(2)100-64)106-62-52(89)47(84)40(28-98-62)104-65-54(91)49(86)45(82)38(26-76)102-65)110-69(96)74-21-20-70(4,5)24-36(74)35-15-16-41-71(6)25-37(79)61(109-66-55(92)50(87)46(83)39(27-77)103-66)73(8,68(94)95)42(71)18-19-72(41,7)75(35,29-78)23-22-74/h10-15,17,30-32,36-42,44-67,76-79,81-93H,16,18-29H2,1-9H3,(H,94,95)/t30-,31-,32+,36-,37-,38+,39+,40+,41+,42+,44-,45-,46+,47-,48+,49-,50-,51?,52+,53+,54+,55+,56?,57-,58-,59-,60+,61-,62-,63-,64-,65-,66-,67-,71+,72+,73-,74-,75-/m0/s1. The highest BCUT2D eigenvalue weighted by atomic mass is 16.8. The van der Waals surface area contributed by atoms with Crippen LogP contribution in [0.15, 0.2) is 42.0 Å². The minimum Gasteiger partial charge on any atom is -0.497 e. The summed E-state index contributed by atoms with van der Waals surface area (Å²) in [5.74, 6) is -4.46. The van der Waals surface area contributed by atoms with Gasteiger partial charge in [0.2, 0.25) is 6.29 Å². The number of carboxylic acids is 1. The van der Waals surface area contributed by atoms with Crippen LogP contribution in [0.25, 0.3) is 6.08 Å². The molecule has 0 spiro atoms. The molecular weight excluding hydrogens is 1460 g/mol. The number of methoxy groups -OCH3 is 1. The Labute approximate surface area is 635 Å². The molecule has 4 saturated carbocycles. The molecule has 0 radical (unpaired) electrons. The first-order chi connectivity index (χ1) is 51.8. The van der Waals surface area contributed by atoms with E-state index in [-0.39, 0.29) is 38.5 Å². The summed E-state index contributed by atoms with van der Waals surface area (Å²) in [6, 6.07) is 6.64. The molecule has 5 aliphatic carbocycles. The van der Waals surface area contributed by atoms with Crippen LogP contribution in [-0.4, -0.2) is 334 Å². The highest BCUT2D eigenvalue weighted by molar-refractivity contribution is 5.87. The molecule has 1 aromatic rings. The Balaban J connectivity index is 0.857. The topological polar surface area (TPSA) is 545 Å². The fraction of sp³-hybridized carbons (Fsp3) is 0.827. The zero-order valence-corrected chi connectivity index (χ0v) is 62.9. The third-order valence-corrected chi connectivity index (χ3v) is 26.9. The lowest BCUT2D eigenvalue weighted by Gasteiger charge is -2.71. The maximum Gasteiger partial charge on any atom is 0.331 e. The Morgan fingerprint density at radius 2 is 1.06 bits per heavy atom. The van der Waals surface area contributed by atoms with Crippen LogP contribution in [0.2, 0.25) is 0 Å². The Morgan fingerprint density at radius 1 is 0.527 bits per heavy atom. The number of esters is 2. The number of aliphatic carboxylic acids is 1. The number of hydrogen-bond acceptors (Lipinski definition) is 34. The van der Waals surface area contributed by atoms with Crippen LogP contribution < -0.4 is 4.74 Å². The van der Waals surface area contributed by atoms with E-state index in [1.807, 2.05) is 13.0 Å². The summed E-state index contributed by atoms with van der Waals surface area (Å²) in [6.45, 7) is 11.2. The molecule has 39 atom stereocenters. The van der Waals surface area contributed by atoms with Crippen molar-refractivity contribution in [2.45, 2.75) is 304 Å². The SMILES string of the molecule is COc1ccc(C=CC(=O)O[C@@H]2[C@H](O[C@@H]3O[C@@H](C)[C@H](O)[C@@H](O)[C@H]3O)[C@@H](O[C@@H]3O[C@@H](C)[C@H](O[C@@H]4OC[C@@H](O[C@@H]5O[C@H](CO)[C@H](O)[C@H](O)[C@H]5O)[C@H](O)[C@H]4O)C(O)C3O)[C@H](OC(=O)[C@]34CCC(C)(C)C[C@H]3C3=CC[C@@H]5[C@@]6(C)C[C@H](O)[C@H](O[C@@H]7O[C@H](CO)[C@@H](O)[C@H](O)[C@H]7O)[C@@](C)(C(=O)O)[C@@H]6CC[C@@]5(C)[C@]3(CO)CC4)O[C@@H]2C)cc1. The Hall–Kier alpha value is -4.21. The average Bonchev–Trinajstić information content (AvgIpc) is 0.668. The average molecular weight is 1570 g/mol. The van der Waals surface area contributed by atoms with E-state index < -0.39 is 285 Å². The second-order valence-corrected chi connectivity index (χ2v) is 33.7. The molecule has 35 nitrogen and oxygen atoms in total. The van der Waals surface area contributed by atoms with Gasteiger partial charge in [0.15, 0.2) is 43.7 Å². The van der Waals surface area contributed by atoms with E-state index in [4.69, 9.17) is 66.3 Å². The van der Waals surface area contributed by atoms with Gasteiger partial charge in [-0.15, -0.1) is 0 Å². The number of rotatable bonds is 20. The van der Waals surface area contributed by atoms with Gasteiger partial charge in [-0.3, -0.25) is 9.59 Å². The summed E-state index contributed by atoms with van der Waals surface area (Å²) in [5.41, 5.74) is -5.40. The number of benzene rings is 1. The quantitative estimate of drug-likeness (QED) is 0.0262. The van der Waals surface area contributed by atoms with Crippen LogP contribution in [0.4, 0.5) is 0 Å². The Kier molecular flexibility index (Phi) is 25.3. The molecule has 6 aliphatic heterocycles. The van der Waals surface area contributed by atoms with Crippen LogP contribution in [0.3, 0.4) is 0 Å². The van der Waals surface area contributed by atoms with E-state index in [9.17, 15) is 102 Å². The van der Waals surface area contributed by atoms with E-state index in [2.05, 4.69) is 20.8 Å². The highest BCUT2D eigenvalue weighted by Gasteiger charge is 2.74. The molecule has 6 saturated heterocycles. The minimum absolute atomic E-state index is 0.0281. The Bertz CT molecular complexity index is 3420. The first kappa shape index (κ1) is 85.2. The summed E-state index contributed by atoms with van der Waals surface area (Å²) >= 11 is 0. The molecule has 0 bridgehead atoms. The summed E-state index contributed by atoms with van der Waals surface area (Å²) < 4.78 is 85.3. The summed E-state index contributed by atoms with van der Waals surface area (Å²) in [5, 5.41) is 200. The first-order valence-corrected chi connectivity index (χ1v) is 38.0. The number of carbonyl (C=O) groups excluding carboxylic acids is 2. The molecule has 18 N–H and O–H groups in total. The third-order valence-electron chi connectivity index (χ3n) is 26.9. The number of ether oxygens (including phenoxy) is 14. The predicted molar refractivity (Wildman–Crippen MR) is 368 cm³/mol. The van der Waals surface area contributed by atoms with Gasteiger partial charge in [0.1, 0.15) is 122 Å². The number of hydrogen-bond donors (Lipinski definition) is 18. The fourth-order valence-electron chi connectivity index (χ4n) is 20.4. The maximum atomic E-state index is 16.4. The van der Waals surface area contributed by atoms with Crippen LogP contribution in [0, 0.1) is 50.2 Å². The van der Waals surface area contributed by atoms with Gasteiger partial charge in [-0.05, 0) is 143 Å². The molecule has 622 valence electrons. The van der Waals surface area contributed by atoms with Gasteiger partial charge in [0, 0.05) is 11.5 Å². The highest BCUT2D eigenvalue weighted by Crippen LogP contribution is 2.76. The molecule has 1 aromatic carbocycles. The number of allylic oxidation sites excluding steroid dienone is 1. The van der Waals surface area contributed by atoms with Gasteiger partial charge >= 0.3 is 17.9 Å². The van der Waals surface area contributed by atoms with Crippen LogP contribution >= 0.6 is 0 Å². The van der Waals surface area contributed by atoms with Gasteiger partial charge in [-0.25, -0.2) is 4.79 Å². The summed E-state index contributed by atoms with van der Waals surface area (Å²) in [6.07, 6.45) is -47.6. The van der Waals surface area contributed by atoms with E-state index in [1.165, 1.54) is 40.9 Å². The van der Waals surface area contributed by atoms with Crippen LogP contribution in [0.1, 0.15) is 119 Å². The molecule has 12 rings (SSSR count). The van der Waals surface area contributed by atoms with Crippen molar-refractivity contribution in [2.24, 2.45) is 50.2 Å². The van der Waals surface area contributed by atoms with Crippen molar-refractivity contribution in [3.63, 3.8) is 0 Å². The largest absolute Gasteiger partial charge is 0.497 e. The first-order valence-electron chi connectivity index (χ1n) is 38.0. The second kappa shape index (κ2) is 32.7. The van der Waals surface area contributed by atoms with Gasteiger partial charge < -0.3 is 158 Å². The fourth-order valence-corrected chi connectivity index (χ4v) is 20.4. The number of carbonyl (C=O) groups is 3. The predicted octanol–water partition coefficient (Wildman–Crippen LogP) is -3.38. The van der Waals surface area contributed by atoms with Crippen molar-refractivity contribution in [2.75, 3.05) is 33.5 Å². The van der Waals surface area contributed by atoms with E-state index in [1.54, 1.807) is 24.3 Å². The van der Waals surface area contributed by atoms with Crippen molar-refractivity contribution < 1.29 is 173 Å².